The van der Waals surface area contributed by atoms with Crippen LogP contribution >= 0.6 is 0 Å². The number of rotatable bonds is 2. The molecule has 0 N–H and O–H groups in total. The first-order chi connectivity index (χ1) is 8.06. The Labute approximate surface area is 96.9 Å². The molecule has 0 saturated heterocycles. The molecule has 0 aliphatic carbocycles. The van der Waals surface area contributed by atoms with E-state index in [1.54, 1.807) is 6.07 Å². The average Bonchev–Trinajstić information content (AvgIpc) is 2.28. The molecule has 1 heterocycles. The monoisotopic (exact) mass is 233 g/mol. The van der Waals surface area contributed by atoms with Crippen LogP contribution in [0.3, 0.4) is 0 Å². The molecule has 1 aromatic heterocycles. The summed E-state index contributed by atoms with van der Waals surface area (Å²) in [5.74, 6) is -1.46. The number of halogens is 2. The number of ketones is 1. The first-order valence-electron chi connectivity index (χ1n) is 5.00. The number of carbonyl (C=O) groups is 1. The molecule has 0 saturated carbocycles. The normalized spacial score (nSPS) is 10.3. The predicted molar refractivity (Wildman–Crippen MR) is 59.6 cm³/mol. The minimum atomic E-state index is -0.671. The highest BCUT2D eigenvalue weighted by Crippen LogP contribution is 2.20. The number of nitrogens with zero attached hydrogens (tertiary/aromatic N) is 1. The Morgan fingerprint density at radius 1 is 1.12 bits per heavy atom. The van der Waals surface area contributed by atoms with Gasteiger partial charge in [-0.3, -0.25) is 9.78 Å². The van der Waals surface area contributed by atoms with Crippen molar-refractivity contribution in [1.29, 1.82) is 0 Å². The van der Waals surface area contributed by atoms with Crippen LogP contribution in [0.2, 0.25) is 0 Å². The standard InChI is InChI=1S/C13H9F2NO/c1-8(17)9-2-3-16-13(6-9)10-4-11(14)7-12(15)5-10/h2-7H,1H3. The molecule has 0 radical (unpaired) electrons. The number of pyridine rings is 1. The third kappa shape index (κ3) is 2.53. The maximum absolute atomic E-state index is 13.0. The highest BCUT2D eigenvalue weighted by molar-refractivity contribution is 5.94. The van der Waals surface area contributed by atoms with Crippen LogP contribution in [0.5, 0.6) is 0 Å². The predicted octanol–water partition coefficient (Wildman–Crippen LogP) is 3.23. The van der Waals surface area contributed by atoms with Crippen molar-refractivity contribution in [2.75, 3.05) is 0 Å². The Balaban J connectivity index is 2.52. The van der Waals surface area contributed by atoms with Gasteiger partial charge in [-0.1, -0.05) is 0 Å². The van der Waals surface area contributed by atoms with Gasteiger partial charge in [0.05, 0.1) is 5.69 Å². The summed E-state index contributed by atoms with van der Waals surface area (Å²) in [6, 6.07) is 6.21. The van der Waals surface area contributed by atoms with Gasteiger partial charge in [-0.2, -0.15) is 0 Å². The van der Waals surface area contributed by atoms with Crippen LogP contribution in [0, 0.1) is 11.6 Å². The van der Waals surface area contributed by atoms with Gasteiger partial charge in [-0.05, 0) is 31.2 Å². The van der Waals surface area contributed by atoms with Gasteiger partial charge >= 0.3 is 0 Å². The van der Waals surface area contributed by atoms with Gasteiger partial charge in [0.1, 0.15) is 11.6 Å². The third-order valence-electron chi connectivity index (χ3n) is 2.32. The lowest BCUT2D eigenvalue weighted by Gasteiger charge is -2.03. The Morgan fingerprint density at radius 3 is 2.35 bits per heavy atom. The van der Waals surface area contributed by atoms with E-state index in [2.05, 4.69) is 4.98 Å². The van der Waals surface area contributed by atoms with Crippen molar-refractivity contribution < 1.29 is 13.6 Å². The molecule has 17 heavy (non-hydrogen) atoms. The molecule has 4 heteroatoms. The Bertz CT molecular complexity index is 561. The first kappa shape index (κ1) is 11.4. The lowest BCUT2D eigenvalue weighted by Crippen LogP contribution is -1.94. The maximum atomic E-state index is 13.0. The lowest BCUT2D eigenvalue weighted by molar-refractivity contribution is 0.101. The summed E-state index contributed by atoms with van der Waals surface area (Å²) < 4.78 is 26.1. The molecule has 2 rings (SSSR count). The second-order valence-electron chi connectivity index (χ2n) is 3.64. The molecule has 0 fully saturated rings. The van der Waals surface area contributed by atoms with Crippen molar-refractivity contribution in [1.82, 2.24) is 4.98 Å². The molecule has 0 aliphatic rings. The SMILES string of the molecule is CC(=O)c1ccnc(-c2cc(F)cc(F)c2)c1. The molecule has 0 bridgehead atoms. The summed E-state index contributed by atoms with van der Waals surface area (Å²) >= 11 is 0. The van der Waals surface area contributed by atoms with Crippen molar-refractivity contribution in [3.8, 4) is 11.3 Å². The molecule has 2 aromatic rings. The number of aromatic nitrogens is 1. The Morgan fingerprint density at radius 2 is 1.76 bits per heavy atom. The van der Waals surface area contributed by atoms with Crippen molar-refractivity contribution in [3.05, 3.63) is 53.7 Å². The zero-order chi connectivity index (χ0) is 12.4. The first-order valence-corrected chi connectivity index (χ1v) is 5.00. The van der Waals surface area contributed by atoms with Crippen molar-refractivity contribution >= 4 is 5.78 Å². The van der Waals surface area contributed by atoms with Crippen LogP contribution < -0.4 is 0 Å². The van der Waals surface area contributed by atoms with Crippen LogP contribution in [-0.4, -0.2) is 10.8 Å². The van der Waals surface area contributed by atoms with E-state index in [4.69, 9.17) is 0 Å². The van der Waals surface area contributed by atoms with E-state index in [0.717, 1.165) is 6.07 Å². The number of hydrogen-bond acceptors (Lipinski definition) is 2. The van der Waals surface area contributed by atoms with Crippen molar-refractivity contribution in [2.45, 2.75) is 6.92 Å². The summed E-state index contributed by atoms with van der Waals surface area (Å²) in [5, 5.41) is 0. The molecule has 0 unspecified atom stereocenters. The summed E-state index contributed by atoms with van der Waals surface area (Å²) in [7, 11) is 0. The molecule has 0 aliphatic heterocycles. The maximum Gasteiger partial charge on any atom is 0.159 e. The van der Waals surface area contributed by atoms with Crippen LogP contribution in [0.15, 0.2) is 36.5 Å². The van der Waals surface area contributed by atoms with Crippen LogP contribution in [-0.2, 0) is 0 Å². The second kappa shape index (κ2) is 4.41. The van der Waals surface area contributed by atoms with Gasteiger partial charge in [0.25, 0.3) is 0 Å². The molecule has 0 atom stereocenters. The van der Waals surface area contributed by atoms with E-state index in [1.807, 2.05) is 0 Å². The molecular formula is C13H9F2NO. The minimum absolute atomic E-state index is 0.120. The molecule has 2 nitrogen and oxygen atoms in total. The van der Waals surface area contributed by atoms with Gasteiger partial charge in [-0.15, -0.1) is 0 Å². The molecular weight excluding hydrogens is 224 g/mol. The van der Waals surface area contributed by atoms with Gasteiger partial charge in [0, 0.05) is 23.4 Å². The summed E-state index contributed by atoms with van der Waals surface area (Å²) in [6.45, 7) is 1.42. The largest absolute Gasteiger partial charge is 0.295 e. The van der Waals surface area contributed by atoms with Crippen LogP contribution in [0.25, 0.3) is 11.3 Å². The third-order valence-corrected chi connectivity index (χ3v) is 2.32. The summed E-state index contributed by atoms with van der Waals surface area (Å²) in [4.78, 5) is 15.2. The van der Waals surface area contributed by atoms with Gasteiger partial charge < -0.3 is 0 Å². The summed E-state index contributed by atoms with van der Waals surface area (Å²) in [5.41, 5.74) is 1.14. The average molecular weight is 233 g/mol. The topological polar surface area (TPSA) is 30.0 Å². The molecule has 0 spiro atoms. The second-order valence-corrected chi connectivity index (χ2v) is 3.64. The highest BCUT2D eigenvalue weighted by Gasteiger charge is 2.06. The van der Waals surface area contributed by atoms with E-state index in [0.29, 0.717) is 16.8 Å². The van der Waals surface area contributed by atoms with Crippen LogP contribution in [0.4, 0.5) is 8.78 Å². The molecule has 1 aromatic carbocycles. The van der Waals surface area contributed by atoms with Gasteiger partial charge in [0.15, 0.2) is 5.78 Å². The minimum Gasteiger partial charge on any atom is -0.295 e. The van der Waals surface area contributed by atoms with E-state index in [1.165, 1.54) is 31.3 Å². The van der Waals surface area contributed by atoms with Crippen molar-refractivity contribution in [2.24, 2.45) is 0 Å². The quantitative estimate of drug-likeness (QED) is 0.745. The fourth-order valence-electron chi connectivity index (χ4n) is 1.51. The number of benzene rings is 1. The zero-order valence-corrected chi connectivity index (χ0v) is 9.08. The van der Waals surface area contributed by atoms with E-state index >= 15 is 0 Å². The fourth-order valence-corrected chi connectivity index (χ4v) is 1.51. The van der Waals surface area contributed by atoms with Crippen molar-refractivity contribution in [3.63, 3.8) is 0 Å². The Kier molecular flexibility index (Phi) is 2.95. The smallest absolute Gasteiger partial charge is 0.159 e. The Hall–Kier alpha value is -2.10. The molecule has 86 valence electrons. The van der Waals surface area contributed by atoms with E-state index in [9.17, 15) is 13.6 Å². The number of Topliss-reactive ketones (excluding diaryl/α,β-unsaturated/α-hetero) is 1. The highest BCUT2D eigenvalue weighted by atomic mass is 19.1. The van der Waals surface area contributed by atoms with E-state index in [-0.39, 0.29) is 5.78 Å². The van der Waals surface area contributed by atoms with Gasteiger partial charge in [-0.25, -0.2) is 8.78 Å². The lowest BCUT2D eigenvalue weighted by atomic mass is 10.1. The fraction of sp³-hybridized carbons (Fsp3) is 0.0769. The summed E-state index contributed by atoms with van der Waals surface area (Å²) in [6.07, 6.45) is 1.44. The van der Waals surface area contributed by atoms with Crippen LogP contribution in [0.1, 0.15) is 17.3 Å². The molecule has 0 amide bonds. The number of carbonyl (C=O) groups excluding carboxylic acids is 1. The number of hydrogen-bond donors (Lipinski definition) is 0. The van der Waals surface area contributed by atoms with Gasteiger partial charge in [0.2, 0.25) is 0 Å². The zero-order valence-electron chi connectivity index (χ0n) is 9.08. The van der Waals surface area contributed by atoms with E-state index < -0.39 is 11.6 Å².